The average Bonchev–Trinajstić information content (AvgIpc) is 2.07. The highest BCUT2D eigenvalue weighted by Gasteiger charge is 1.87. The summed E-state index contributed by atoms with van der Waals surface area (Å²) in [5.74, 6) is 0. The minimum absolute atomic E-state index is 1.03. The van der Waals surface area contributed by atoms with Gasteiger partial charge in [-0.15, -0.1) is 0 Å². The molecule has 0 N–H and O–H groups in total. The maximum Gasteiger partial charge on any atom is 0.0398 e. The summed E-state index contributed by atoms with van der Waals surface area (Å²) in [6.45, 7) is 13.5. The van der Waals surface area contributed by atoms with Crippen LogP contribution in [0.15, 0.2) is 29.4 Å². The van der Waals surface area contributed by atoms with Crippen molar-refractivity contribution < 1.29 is 0 Å². The molecule has 0 unspecified atom stereocenters. The van der Waals surface area contributed by atoms with Crippen LogP contribution in [0, 0.1) is 0 Å². The van der Waals surface area contributed by atoms with E-state index < -0.39 is 0 Å². The summed E-state index contributed by atoms with van der Waals surface area (Å²) in [5.41, 5.74) is 2.24. The predicted molar refractivity (Wildman–Crippen MR) is 54.1 cm³/mol. The lowest BCUT2D eigenvalue weighted by Gasteiger charge is -1.94. The number of hydrogen-bond acceptors (Lipinski definition) is 1. The number of hydrogen-bond donors (Lipinski definition) is 0. The highest BCUT2D eigenvalue weighted by Crippen LogP contribution is 1.95. The molecule has 1 heteroatoms. The Hall–Kier alpha value is -0.850. The Morgan fingerprint density at radius 2 is 1.73 bits per heavy atom. The van der Waals surface area contributed by atoms with Crippen LogP contribution >= 0.6 is 0 Å². The summed E-state index contributed by atoms with van der Waals surface area (Å²) in [4.78, 5) is 4.01. The Kier molecular flexibility index (Phi) is 10.6. The fraction of sp³-hybridized carbons (Fsp3) is 0.500. The van der Waals surface area contributed by atoms with Gasteiger partial charge >= 0.3 is 0 Å². The second-order valence-corrected chi connectivity index (χ2v) is 1.87. The van der Waals surface area contributed by atoms with E-state index in [0.29, 0.717) is 0 Å². The molecule has 0 heterocycles. The van der Waals surface area contributed by atoms with Crippen LogP contribution in [-0.4, -0.2) is 5.71 Å². The van der Waals surface area contributed by atoms with Gasteiger partial charge in [-0.25, -0.2) is 0 Å². The fourth-order valence-corrected chi connectivity index (χ4v) is 0.448. The van der Waals surface area contributed by atoms with Gasteiger partial charge in [-0.1, -0.05) is 26.5 Å². The molecule has 0 aliphatic heterocycles. The van der Waals surface area contributed by atoms with E-state index in [1.165, 1.54) is 5.57 Å². The van der Waals surface area contributed by atoms with Crippen molar-refractivity contribution in [1.82, 2.24) is 0 Å². The maximum absolute atomic E-state index is 4.01. The molecular weight excluding hydrogens is 134 g/mol. The minimum Gasteiger partial charge on any atom is -0.262 e. The molecule has 0 aromatic heterocycles. The fourth-order valence-electron chi connectivity index (χ4n) is 0.448. The molecule has 0 fully saturated rings. The monoisotopic (exact) mass is 153 g/mol. The lowest BCUT2D eigenvalue weighted by Crippen LogP contribution is -1.90. The van der Waals surface area contributed by atoms with E-state index in [9.17, 15) is 0 Å². The van der Waals surface area contributed by atoms with Crippen LogP contribution in [-0.2, 0) is 0 Å². The molecule has 0 aromatic rings. The molecule has 1 nitrogen and oxygen atoms in total. The van der Waals surface area contributed by atoms with Crippen LogP contribution in [0.1, 0.15) is 34.6 Å². The topological polar surface area (TPSA) is 12.4 Å². The standard InChI is InChI=1S/C8H13N.C2H6/c1-5-7(3)8(4)9-6-2;1-2/h5-6H,2H2,1,3-4H3;1-2H3/b7-5-,9-8?;. The first-order chi connectivity index (χ1) is 5.22. The summed E-state index contributed by atoms with van der Waals surface area (Å²) >= 11 is 0. The van der Waals surface area contributed by atoms with E-state index in [1.807, 2.05) is 40.7 Å². The first-order valence-electron chi connectivity index (χ1n) is 4.01. The highest BCUT2D eigenvalue weighted by molar-refractivity contribution is 5.97. The van der Waals surface area contributed by atoms with Crippen LogP contribution in [0.3, 0.4) is 0 Å². The van der Waals surface area contributed by atoms with Crippen molar-refractivity contribution >= 4 is 5.71 Å². The third kappa shape index (κ3) is 7.04. The van der Waals surface area contributed by atoms with Crippen molar-refractivity contribution in [3.8, 4) is 0 Å². The zero-order valence-corrected chi connectivity index (χ0v) is 8.31. The molecule has 0 rings (SSSR count). The van der Waals surface area contributed by atoms with E-state index in [1.54, 1.807) is 6.20 Å². The molecule has 0 atom stereocenters. The maximum atomic E-state index is 4.01. The third-order valence-electron chi connectivity index (χ3n) is 1.29. The molecule has 0 aromatic carbocycles. The second-order valence-electron chi connectivity index (χ2n) is 1.87. The Morgan fingerprint density at radius 3 is 2.00 bits per heavy atom. The van der Waals surface area contributed by atoms with Crippen LogP contribution in [0.25, 0.3) is 0 Å². The van der Waals surface area contributed by atoms with Crippen molar-refractivity contribution in [2.75, 3.05) is 0 Å². The van der Waals surface area contributed by atoms with Crippen molar-refractivity contribution in [1.29, 1.82) is 0 Å². The van der Waals surface area contributed by atoms with Gasteiger partial charge in [0, 0.05) is 11.9 Å². The van der Waals surface area contributed by atoms with Crippen molar-refractivity contribution in [2.45, 2.75) is 34.6 Å². The second kappa shape index (κ2) is 9.15. The van der Waals surface area contributed by atoms with E-state index in [4.69, 9.17) is 0 Å². The number of allylic oxidation sites excluding steroid dienone is 2. The highest BCUT2D eigenvalue weighted by atomic mass is 14.7. The van der Waals surface area contributed by atoms with Crippen LogP contribution in [0.4, 0.5) is 0 Å². The first-order valence-corrected chi connectivity index (χ1v) is 4.01. The Bertz CT molecular complexity index is 152. The van der Waals surface area contributed by atoms with Crippen molar-refractivity contribution in [2.24, 2.45) is 4.99 Å². The summed E-state index contributed by atoms with van der Waals surface area (Å²) in [6.07, 6.45) is 3.59. The van der Waals surface area contributed by atoms with Crippen molar-refractivity contribution in [3.05, 3.63) is 24.4 Å². The zero-order chi connectivity index (χ0) is 9.28. The van der Waals surface area contributed by atoms with Crippen molar-refractivity contribution in [3.63, 3.8) is 0 Å². The molecule has 0 bridgehead atoms. The Balaban J connectivity index is 0. The lowest BCUT2D eigenvalue weighted by atomic mass is 10.2. The van der Waals surface area contributed by atoms with Gasteiger partial charge in [0.15, 0.2) is 0 Å². The van der Waals surface area contributed by atoms with Crippen LogP contribution < -0.4 is 0 Å². The van der Waals surface area contributed by atoms with E-state index in [2.05, 4.69) is 11.6 Å². The van der Waals surface area contributed by atoms with Crippen LogP contribution in [0.2, 0.25) is 0 Å². The molecule has 0 aliphatic carbocycles. The predicted octanol–water partition coefficient (Wildman–Crippen LogP) is 3.58. The normalized spacial score (nSPS) is 11.7. The molecule has 0 radical (unpaired) electrons. The smallest absolute Gasteiger partial charge is 0.0398 e. The summed E-state index contributed by atoms with van der Waals surface area (Å²) < 4.78 is 0. The molecule has 0 saturated carbocycles. The number of nitrogens with zero attached hydrogens (tertiary/aromatic N) is 1. The number of aliphatic imine (C=N–C) groups is 1. The molecule has 0 saturated heterocycles. The average molecular weight is 153 g/mol. The SMILES string of the molecule is C=CN=C(C)/C(C)=C\C.CC. The zero-order valence-electron chi connectivity index (χ0n) is 8.31. The van der Waals surface area contributed by atoms with E-state index >= 15 is 0 Å². The van der Waals surface area contributed by atoms with Gasteiger partial charge < -0.3 is 0 Å². The third-order valence-corrected chi connectivity index (χ3v) is 1.29. The van der Waals surface area contributed by atoms with Gasteiger partial charge in [-0.05, 0) is 26.3 Å². The summed E-state index contributed by atoms with van der Waals surface area (Å²) in [7, 11) is 0. The molecular formula is C10H19N. The molecule has 0 amide bonds. The van der Waals surface area contributed by atoms with Gasteiger partial charge in [0.05, 0.1) is 0 Å². The van der Waals surface area contributed by atoms with Gasteiger partial charge in [0.2, 0.25) is 0 Å². The Labute approximate surface area is 70.5 Å². The Morgan fingerprint density at radius 1 is 1.27 bits per heavy atom. The summed E-state index contributed by atoms with van der Waals surface area (Å²) in [6, 6.07) is 0. The van der Waals surface area contributed by atoms with Gasteiger partial charge in [0.25, 0.3) is 0 Å². The van der Waals surface area contributed by atoms with Crippen LogP contribution in [0.5, 0.6) is 0 Å². The first kappa shape index (κ1) is 12.8. The minimum atomic E-state index is 1.03. The van der Waals surface area contributed by atoms with E-state index in [0.717, 1.165) is 5.71 Å². The molecule has 0 aliphatic rings. The molecule has 11 heavy (non-hydrogen) atoms. The van der Waals surface area contributed by atoms with Gasteiger partial charge in [0.1, 0.15) is 0 Å². The van der Waals surface area contributed by atoms with Gasteiger partial charge in [-0.2, -0.15) is 0 Å². The lowest BCUT2D eigenvalue weighted by molar-refractivity contribution is 1.45. The van der Waals surface area contributed by atoms with Gasteiger partial charge in [-0.3, -0.25) is 4.99 Å². The largest absolute Gasteiger partial charge is 0.262 e. The molecule has 0 spiro atoms. The quantitative estimate of drug-likeness (QED) is 0.538. The number of rotatable bonds is 2. The van der Waals surface area contributed by atoms with E-state index in [-0.39, 0.29) is 0 Å². The summed E-state index contributed by atoms with van der Waals surface area (Å²) in [5, 5.41) is 0. The molecule has 64 valence electrons.